The fraction of sp³-hybridized carbons (Fsp3) is 0.111. The number of nitrogens with one attached hydrogen (secondary N) is 1. The highest BCUT2D eigenvalue weighted by Gasteiger charge is 2.16. The van der Waals surface area contributed by atoms with Crippen LogP contribution in [-0.2, 0) is 4.79 Å². The summed E-state index contributed by atoms with van der Waals surface area (Å²) in [5.41, 5.74) is 0.918. The van der Waals surface area contributed by atoms with E-state index in [1.165, 1.54) is 0 Å². The van der Waals surface area contributed by atoms with Crippen LogP contribution in [0.15, 0.2) is 66.9 Å². The summed E-state index contributed by atoms with van der Waals surface area (Å²) in [7, 11) is 0. The van der Waals surface area contributed by atoms with Crippen LogP contribution >= 0.6 is 11.6 Å². The summed E-state index contributed by atoms with van der Waals surface area (Å²) in [6, 6.07) is 18.3. The molecule has 1 heterocycles. The monoisotopic (exact) mass is 341 g/mol. The Bertz CT molecular complexity index is 833. The van der Waals surface area contributed by atoms with E-state index in [-0.39, 0.29) is 5.91 Å². The molecule has 0 fully saturated rings. The van der Waals surface area contributed by atoms with Crippen molar-refractivity contribution in [2.45, 2.75) is 13.0 Å². The van der Waals surface area contributed by atoms with Gasteiger partial charge in [0.15, 0.2) is 11.9 Å². The van der Waals surface area contributed by atoms with E-state index in [4.69, 9.17) is 16.3 Å². The molecule has 0 saturated carbocycles. The minimum atomic E-state index is -0.676. The summed E-state index contributed by atoms with van der Waals surface area (Å²) in [5.74, 6) is 0.721. The first-order valence-corrected chi connectivity index (χ1v) is 7.84. The normalized spacial score (nSPS) is 11.8. The Morgan fingerprint density at radius 1 is 1.17 bits per heavy atom. The van der Waals surface area contributed by atoms with Crippen LogP contribution in [0.1, 0.15) is 6.92 Å². The molecule has 1 amide bonds. The minimum Gasteiger partial charge on any atom is -0.481 e. The van der Waals surface area contributed by atoms with Crippen molar-refractivity contribution in [3.8, 4) is 11.4 Å². The Morgan fingerprint density at radius 3 is 2.71 bits per heavy atom. The van der Waals surface area contributed by atoms with E-state index in [0.29, 0.717) is 16.6 Å². The highest BCUT2D eigenvalue weighted by molar-refractivity contribution is 6.30. The van der Waals surface area contributed by atoms with Gasteiger partial charge in [-0.1, -0.05) is 35.9 Å². The number of ether oxygens (including phenoxy) is 1. The van der Waals surface area contributed by atoms with Crippen molar-refractivity contribution in [2.24, 2.45) is 0 Å². The number of hydrogen-bond donors (Lipinski definition) is 1. The lowest BCUT2D eigenvalue weighted by molar-refractivity contribution is -0.122. The summed E-state index contributed by atoms with van der Waals surface area (Å²) < 4.78 is 7.28. The predicted molar refractivity (Wildman–Crippen MR) is 93.7 cm³/mol. The molecule has 3 rings (SSSR count). The molecule has 0 aliphatic carbocycles. The molecule has 2 aromatic carbocycles. The zero-order chi connectivity index (χ0) is 16.9. The molecule has 5 nitrogen and oxygen atoms in total. The number of halogens is 1. The number of anilines is 1. The Labute approximate surface area is 144 Å². The molecule has 1 N–H and O–H groups in total. The Kier molecular flexibility index (Phi) is 4.82. The summed E-state index contributed by atoms with van der Waals surface area (Å²) >= 11 is 5.91. The highest BCUT2D eigenvalue weighted by Crippen LogP contribution is 2.19. The zero-order valence-corrected chi connectivity index (χ0v) is 13.8. The van der Waals surface area contributed by atoms with Gasteiger partial charge in [-0.2, -0.15) is 5.10 Å². The third-order valence-electron chi connectivity index (χ3n) is 3.34. The third kappa shape index (κ3) is 3.94. The van der Waals surface area contributed by atoms with Gasteiger partial charge in [-0.05, 0) is 37.3 Å². The van der Waals surface area contributed by atoms with Crippen molar-refractivity contribution in [1.29, 1.82) is 0 Å². The molecular formula is C18H16ClN3O2. The molecule has 0 aliphatic rings. The molecule has 1 unspecified atom stereocenters. The van der Waals surface area contributed by atoms with Crippen LogP contribution in [0.25, 0.3) is 5.69 Å². The maximum atomic E-state index is 12.2. The second-order valence-electron chi connectivity index (χ2n) is 5.19. The smallest absolute Gasteiger partial charge is 0.266 e. The van der Waals surface area contributed by atoms with Gasteiger partial charge >= 0.3 is 0 Å². The van der Waals surface area contributed by atoms with E-state index >= 15 is 0 Å². The number of amides is 1. The second-order valence-corrected chi connectivity index (χ2v) is 5.62. The molecule has 0 bridgehead atoms. The summed E-state index contributed by atoms with van der Waals surface area (Å²) in [6.45, 7) is 1.67. The number of aromatic nitrogens is 2. The maximum Gasteiger partial charge on any atom is 0.266 e. The van der Waals surface area contributed by atoms with E-state index in [1.807, 2.05) is 30.3 Å². The van der Waals surface area contributed by atoms with E-state index < -0.39 is 6.10 Å². The molecule has 0 spiro atoms. The van der Waals surface area contributed by atoms with Crippen LogP contribution in [0.5, 0.6) is 5.75 Å². The summed E-state index contributed by atoms with van der Waals surface area (Å²) in [5, 5.41) is 7.63. The van der Waals surface area contributed by atoms with Crippen LogP contribution in [0, 0.1) is 0 Å². The molecule has 3 aromatic rings. The first kappa shape index (κ1) is 16.1. The highest BCUT2D eigenvalue weighted by atomic mass is 35.5. The standard InChI is InChI=1S/C18H16ClN3O2/c1-13(24-16-9-5-6-14(19)12-16)18(23)20-17-10-11-22(21-17)15-7-3-2-4-8-15/h2-13H,1H3,(H,20,21,23). The van der Waals surface area contributed by atoms with Gasteiger partial charge in [0.2, 0.25) is 0 Å². The lowest BCUT2D eigenvalue weighted by Crippen LogP contribution is -2.30. The summed E-state index contributed by atoms with van der Waals surface area (Å²) in [6.07, 6.45) is 1.11. The number of nitrogens with zero attached hydrogens (tertiary/aromatic N) is 2. The van der Waals surface area contributed by atoms with Crippen molar-refractivity contribution in [1.82, 2.24) is 9.78 Å². The first-order chi connectivity index (χ1) is 11.6. The van der Waals surface area contributed by atoms with Crippen LogP contribution in [0.4, 0.5) is 5.82 Å². The van der Waals surface area contributed by atoms with Gasteiger partial charge in [-0.25, -0.2) is 4.68 Å². The van der Waals surface area contributed by atoms with Crippen molar-refractivity contribution < 1.29 is 9.53 Å². The van der Waals surface area contributed by atoms with Gasteiger partial charge in [0.05, 0.1) is 5.69 Å². The van der Waals surface area contributed by atoms with Crippen LogP contribution in [-0.4, -0.2) is 21.8 Å². The molecular weight excluding hydrogens is 326 g/mol. The second kappa shape index (κ2) is 7.19. The van der Waals surface area contributed by atoms with Gasteiger partial charge < -0.3 is 10.1 Å². The molecule has 0 aliphatic heterocycles. The number of benzene rings is 2. The Morgan fingerprint density at radius 2 is 1.96 bits per heavy atom. The van der Waals surface area contributed by atoms with Crippen molar-refractivity contribution >= 4 is 23.3 Å². The van der Waals surface area contributed by atoms with E-state index in [0.717, 1.165) is 5.69 Å². The van der Waals surface area contributed by atoms with E-state index in [1.54, 1.807) is 48.1 Å². The molecule has 122 valence electrons. The Hall–Kier alpha value is -2.79. The van der Waals surface area contributed by atoms with Gasteiger partial charge in [0, 0.05) is 17.3 Å². The van der Waals surface area contributed by atoms with Gasteiger partial charge in [0.25, 0.3) is 5.91 Å². The van der Waals surface area contributed by atoms with Gasteiger partial charge in [0.1, 0.15) is 5.75 Å². The first-order valence-electron chi connectivity index (χ1n) is 7.46. The largest absolute Gasteiger partial charge is 0.481 e. The van der Waals surface area contributed by atoms with Crippen molar-refractivity contribution in [2.75, 3.05) is 5.32 Å². The van der Waals surface area contributed by atoms with Crippen LogP contribution in [0.2, 0.25) is 5.02 Å². The SMILES string of the molecule is CC(Oc1cccc(Cl)c1)C(=O)Nc1ccn(-c2ccccc2)n1. The van der Waals surface area contributed by atoms with E-state index in [2.05, 4.69) is 10.4 Å². The van der Waals surface area contributed by atoms with Gasteiger partial charge in [-0.3, -0.25) is 4.79 Å². The number of carbonyl (C=O) groups excluding carboxylic acids is 1. The number of para-hydroxylation sites is 1. The lowest BCUT2D eigenvalue weighted by Gasteiger charge is -2.13. The van der Waals surface area contributed by atoms with Crippen LogP contribution < -0.4 is 10.1 Å². The number of carbonyl (C=O) groups is 1. The Balaban J connectivity index is 1.63. The minimum absolute atomic E-state index is 0.284. The zero-order valence-electron chi connectivity index (χ0n) is 13.0. The molecule has 6 heteroatoms. The fourth-order valence-electron chi connectivity index (χ4n) is 2.14. The average Bonchev–Trinajstić information content (AvgIpc) is 3.04. The fourth-order valence-corrected chi connectivity index (χ4v) is 2.32. The topological polar surface area (TPSA) is 56.1 Å². The van der Waals surface area contributed by atoms with Gasteiger partial charge in [-0.15, -0.1) is 0 Å². The average molecular weight is 342 g/mol. The maximum absolute atomic E-state index is 12.2. The molecule has 1 aromatic heterocycles. The lowest BCUT2D eigenvalue weighted by atomic mass is 10.3. The molecule has 1 atom stereocenters. The number of hydrogen-bond acceptors (Lipinski definition) is 3. The summed E-state index contributed by atoms with van der Waals surface area (Å²) in [4.78, 5) is 12.2. The molecule has 0 radical (unpaired) electrons. The third-order valence-corrected chi connectivity index (χ3v) is 3.57. The molecule has 24 heavy (non-hydrogen) atoms. The predicted octanol–water partition coefficient (Wildman–Crippen LogP) is 3.93. The van der Waals surface area contributed by atoms with Crippen LogP contribution in [0.3, 0.4) is 0 Å². The van der Waals surface area contributed by atoms with Crippen molar-refractivity contribution in [3.05, 3.63) is 71.9 Å². The quantitative estimate of drug-likeness (QED) is 0.765. The van der Waals surface area contributed by atoms with Crippen molar-refractivity contribution in [3.63, 3.8) is 0 Å². The molecule has 0 saturated heterocycles. The number of rotatable bonds is 5. The van der Waals surface area contributed by atoms with E-state index in [9.17, 15) is 4.79 Å².